The van der Waals surface area contributed by atoms with Gasteiger partial charge in [0.05, 0.1) is 16.1 Å². The van der Waals surface area contributed by atoms with Crippen LogP contribution in [0, 0.1) is 6.92 Å². The van der Waals surface area contributed by atoms with Gasteiger partial charge in [-0.25, -0.2) is 8.42 Å². The first kappa shape index (κ1) is 34.2. The van der Waals surface area contributed by atoms with Crippen LogP contribution < -0.4 is 9.62 Å². The molecule has 0 saturated heterocycles. The van der Waals surface area contributed by atoms with Gasteiger partial charge in [0.2, 0.25) is 11.8 Å². The normalized spacial score (nSPS) is 12.6. The van der Waals surface area contributed by atoms with Crippen LogP contribution in [0.15, 0.2) is 71.6 Å². The molecule has 3 aromatic rings. The van der Waals surface area contributed by atoms with E-state index < -0.39 is 46.2 Å². The summed E-state index contributed by atoms with van der Waals surface area (Å²) in [7, 11) is -4.56. The highest BCUT2D eigenvalue weighted by Gasteiger charge is 2.36. The highest BCUT2D eigenvalue weighted by Crippen LogP contribution is 2.34. The lowest BCUT2D eigenvalue weighted by Gasteiger charge is -2.34. The SMILES string of the molecule is CC[C@@H](C(=O)NC(C)C)N(Cc1c(Cl)cccc1Cl)C(=O)CN(c1cccc(C(F)(F)F)c1)S(=O)(=O)c1ccc(C)cc1. The van der Waals surface area contributed by atoms with Gasteiger partial charge in [0.1, 0.15) is 12.6 Å². The first-order chi connectivity index (χ1) is 20.1. The number of benzene rings is 3. The Morgan fingerprint density at radius 1 is 0.953 bits per heavy atom. The zero-order valence-corrected chi connectivity index (χ0v) is 26.3. The highest BCUT2D eigenvalue weighted by molar-refractivity contribution is 7.92. The zero-order chi connectivity index (χ0) is 32.1. The number of alkyl halides is 3. The van der Waals surface area contributed by atoms with Crippen LogP contribution in [0.4, 0.5) is 18.9 Å². The molecule has 232 valence electrons. The van der Waals surface area contributed by atoms with E-state index in [2.05, 4.69) is 5.32 Å². The van der Waals surface area contributed by atoms with Crippen molar-refractivity contribution in [3.63, 3.8) is 0 Å². The van der Waals surface area contributed by atoms with E-state index in [0.717, 1.165) is 22.6 Å². The first-order valence-electron chi connectivity index (χ1n) is 13.4. The molecule has 0 saturated carbocycles. The number of hydrogen-bond donors (Lipinski definition) is 1. The molecule has 0 aromatic heterocycles. The summed E-state index contributed by atoms with van der Waals surface area (Å²) in [6, 6.07) is 12.7. The molecular weight excluding hydrogens is 626 g/mol. The Labute approximate surface area is 259 Å². The molecule has 0 bridgehead atoms. The van der Waals surface area contributed by atoms with Crippen molar-refractivity contribution in [1.29, 1.82) is 0 Å². The quantitative estimate of drug-likeness (QED) is 0.244. The van der Waals surface area contributed by atoms with E-state index >= 15 is 0 Å². The van der Waals surface area contributed by atoms with Gasteiger partial charge in [0.15, 0.2) is 0 Å². The van der Waals surface area contributed by atoms with Crippen LogP contribution in [0.5, 0.6) is 0 Å². The molecule has 2 amide bonds. The predicted octanol–water partition coefficient (Wildman–Crippen LogP) is 6.85. The highest BCUT2D eigenvalue weighted by atomic mass is 35.5. The molecule has 0 unspecified atom stereocenters. The van der Waals surface area contributed by atoms with Crippen LogP contribution in [-0.2, 0) is 32.3 Å². The molecule has 0 spiro atoms. The van der Waals surface area contributed by atoms with Crippen LogP contribution in [0.3, 0.4) is 0 Å². The number of aryl methyl sites for hydroxylation is 1. The second-order valence-electron chi connectivity index (χ2n) is 10.2. The summed E-state index contributed by atoms with van der Waals surface area (Å²) in [5, 5.41) is 3.19. The van der Waals surface area contributed by atoms with Crippen LogP contribution in [0.2, 0.25) is 10.0 Å². The standard InChI is InChI=1S/C30H32Cl2F3N3O4S/c1-5-27(29(40)36-19(2)3)37(17-24-25(31)10-7-11-26(24)32)28(39)18-38(22-9-6-8-21(16-22)30(33,34)35)43(41,42)23-14-12-20(4)13-15-23/h6-16,19,27H,5,17-18H2,1-4H3,(H,36,40)/t27-/m0/s1. The fraction of sp³-hybridized carbons (Fsp3) is 0.333. The minimum Gasteiger partial charge on any atom is -0.352 e. The fourth-order valence-electron chi connectivity index (χ4n) is 4.36. The van der Waals surface area contributed by atoms with Gasteiger partial charge in [0.25, 0.3) is 10.0 Å². The molecule has 0 fully saturated rings. The van der Waals surface area contributed by atoms with Gasteiger partial charge < -0.3 is 10.2 Å². The van der Waals surface area contributed by atoms with Gasteiger partial charge in [-0.3, -0.25) is 13.9 Å². The second kappa shape index (κ2) is 14.0. The number of sulfonamides is 1. The molecular formula is C30H32Cl2F3N3O4S. The molecule has 1 N–H and O–H groups in total. The topological polar surface area (TPSA) is 86.8 Å². The number of rotatable bonds is 11. The Kier molecular flexibility index (Phi) is 11.1. The third kappa shape index (κ3) is 8.43. The van der Waals surface area contributed by atoms with E-state index in [4.69, 9.17) is 23.2 Å². The van der Waals surface area contributed by atoms with E-state index in [0.29, 0.717) is 15.9 Å². The Balaban J connectivity index is 2.16. The number of anilines is 1. The van der Waals surface area contributed by atoms with Crippen LogP contribution in [0.1, 0.15) is 43.9 Å². The second-order valence-corrected chi connectivity index (χ2v) is 12.9. The average Bonchev–Trinajstić information content (AvgIpc) is 2.92. The van der Waals surface area contributed by atoms with Crippen molar-refractivity contribution in [3.8, 4) is 0 Å². The van der Waals surface area contributed by atoms with Gasteiger partial charge in [-0.1, -0.05) is 60.0 Å². The lowest BCUT2D eigenvalue weighted by molar-refractivity contribution is -0.140. The molecule has 0 aliphatic rings. The summed E-state index contributed by atoms with van der Waals surface area (Å²) >= 11 is 12.8. The number of carbonyl (C=O) groups excluding carboxylic acids is 2. The maximum Gasteiger partial charge on any atom is 0.416 e. The molecule has 7 nitrogen and oxygen atoms in total. The molecule has 3 aromatic carbocycles. The molecule has 43 heavy (non-hydrogen) atoms. The summed E-state index contributed by atoms with van der Waals surface area (Å²) in [5.74, 6) is -1.35. The third-order valence-electron chi connectivity index (χ3n) is 6.56. The Morgan fingerprint density at radius 3 is 2.07 bits per heavy atom. The summed E-state index contributed by atoms with van der Waals surface area (Å²) < 4.78 is 69.3. The number of carbonyl (C=O) groups is 2. The maximum atomic E-state index is 14.1. The Bertz CT molecular complexity index is 1550. The van der Waals surface area contributed by atoms with Gasteiger partial charge in [0, 0.05) is 28.2 Å². The zero-order valence-electron chi connectivity index (χ0n) is 24.0. The molecule has 13 heteroatoms. The van der Waals surface area contributed by atoms with E-state index in [-0.39, 0.29) is 39.6 Å². The lowest BCUT2D eigenvalue weighted by Crippen LogP contribution is -2.53. The Morgan fingerprint density at radius 2 is 1.53 bits per heavy atom. The number of halogens is 5. The Hall–Kier alpha value is -3.28. The minimum absolute atomic E-state index is 0.140. The van der Waals surface area contributed by atoms with Crippen molar-refractivity contribution in [1.82, 2.24) is 10.2 Å². The van der Waals surface area contributed by atoms with Crippen molar-refractivity contribution < 1.29 is 31.2 Å². The molecule has 0 aliphatic carbocycles. The monoisotopic (exact) mass is 657 g/mol. The average molecular weight is 659 g/mol. The fourth-order valence-corrected chi connectivity index (χ4v) is 6.28. The largest absolute Gasteiger partial charge is 0.416 e. The minimum atomic E-state index is -4.77. The van der Waals surface area contributed by atoms with Crippen molar-refractivity contribution in [2.45, 2.75) is 63.8 Å². The number of nitrogens with one attached hydrogen (secondary N) is 1. The summed E-state index contributed by atoms with van der Waals surface area (Å²) in [4.78, 5) is 28.2. The molecule has 0 radical (unpaired) electrons. The lowest BCUT2D eigenvalue weighted by atomic mass is 10.1. The molecule has 1 atom stereocenters. The van der Waals surface area contributed by atoms with Gasteiger partial charge in [-0.2, -0.15) is 13.2 Å². The van der Waals surface area contributed by atoms with Gasteiger partial charge in [-0.05, 0) is 69.7 Å². The molecule has 0 aliphatic heterocycles. The van der Waals surface area contributed by atoms with Gasteiger partial charge in [-0.15, -0.1) is 0 Å². The van der Waals surface area contributed by atoms with E-state index in [1.54, 1.807) is 45.9 Å². The van der Waals surface area contributed by atoms with E-state index in [1.807, 2.05) is 0 Å². The molecule has 0 heterocycles. The third-order valence-corrected chi connectivity index (χ3v) is 9.05. The summed E-state index contributed by atoms with van der Waals surface area (Å²) in [6.07, 6.45) is -4.63. The summed E-state index contributed by atoms with van der Waals surface area (Å²) in [6.45, 7) is 5.73. The van der Waals surface area contributed by atoms with Crippen molar-refractivity contribution in [3.05, 3.63) is 93.5 Å². The number of hydrogen-bond acceptors (Lipinski definition) is 4. The van der Waals surface area contributed by atoms with E-state index in [9.17, 15) is 31.2 Å². The van der Waals surface area contributed by atoms with Crippen molar-refractivity contribution in [2.24, 2.45) is 0 Å². The number of nitrogens with zero attached hydrogens (tertiary/aromatic N) is 2. The van der Waals surface area contributed by atoms with Crippen LogP contribution in [-0.4, -0.2) is 43.8 Å². The van der Waals surface area contributed by atoms with Gasteiger partial charge >= 0.3 is 6.18 Å². The van der Waals surface area contributed by atoms with Crippen LogP contribution >= 0.6 is 23.2 Å². The smallest absolute Gasteiger partial charge is 0.352 e. The van der Waals surface area contributed by atoms with Crippen LogP contribution in [0.25, 0.3) is 0 Å². The van der Waals surface area contributed by atoms with Crippen molar-refractivity contribution in [2.75, 3.05) is 10.8 Å². The number of amides is 2. The maximum absolute atomic E-state index is 14.1. The first-order valence-corrected chi connectivity index (χ1v) is 15.5. The van der Waals surface area contributed by atoms with E-state index in [1.165, 1.54) is 30.3 Å². The predicted molar refractivity (Wildman–Crippen MR) is 162 cm³/mol. The van der Waals surface area contributed by atoms with Crippen molar-refractivity contribution >= 4 is 50.7 Å². The summed E-state index contributed by atoms with van der Waals surface area (Å²) in [5.41, 5.74) is -0.393. The molecule has 3 rings (SSSR count).